The molecule has 0 aliphatic carbocycles. The summed E-state index contributed by atoms with van der Waals surface area (Å²) < 4.78 is 11.2. The molecule has 0 unspecified atom stereocenters. The van der Waals surface area contributed by atoms with Gasteiger partial charge in [0.2, 0.25) is 5.13 Å². The highest BCUT2D eigenvalue weighted by Gasteiger charge is 2.11. The minimum absolute atomic E-state index is 0.233. The molecule has 2 N–H and O–H groups in total. The average Bonchev–Trinajstić information content (AvgIpc) is 3.12. The van der Waals surface area contributed by atoms with E-state index in [0.717, 1.165) is 10.2 Å². The fourth-order valence-corrected chi connectivity index (χ4v) is 2.56. The molecule has 0 spiro atoms. The molecular weight excluding hydrogens is 278 g/mol. The topological polar surface area (TPSA) is 76.4 Å². The number of aromatic nitrogens is 1. The number of anilines is 1. The van der Waals surface area contributed by atoms with Gasteiger partial charge in [-0.25, -0.2) is 4.98 Å². The number of nitrogens with one attached hydrogen (secondary N) is 2. The zero-order chi connectivity index (χ0) is 13.9. The lowest BCUT2D eigenvalue weighted by atomic mass is 10.3. The molecule has 0 radical (unpaired) electrons. The van der Waals surface area contributed by atoms with Gasteiger partial charge in [-0.15, -0.1) is 0 Å². The average molecular weight is 289 g/mol. The lowest BCUT2D eigenvalue weighted by Crippen LogP contribution is -2.28. The summed E-state index contributed by atoms with van der Waals surface area (Å²) in [6, 6.07) is 8.91. The normalized spacial score (nSPS) is 10.4. The van der Waals surface area contributed by atoms with Crippen molar-refractivity contribution in [3.05, 3.63) is 42.4 Å². The van der Waals surface area contributed by atoms with E-state index in [9.17, 15) is 4.79 Å². The monoisotopic (exact) mass is 289 g/mol. The molecule has 102 valence electrons. The lowest BCUT2D eigenvalue weighted by molar-refractivity contribution is 0.0935. The van der Waals surface area contributed by atoms with Crippen molar-refractivity contribution in [2.75, 3.05) is 12.5 Å². The highest BCUT2D eigenvalue weighted by atomic mass is 32.1. The maximum Gasteiger partial charge on any atom is 0.305 e. The standard InChI is InChI=1S/C13H11N3O3S/c1-18-8-4-2-6-10-11(8)14-13(20-10)16-15-12(17)9-5-3-7-19-9/h2-7H,1H3,(H,14,16)(H,15,17). The molecule has 1 amide bonds. The van der Waals surface area contributed by atoms with Crippen molar-refractivity contribution in [2.24, 2.45) is 0 Å². The summed E-state index contributed by atoms with van der Waals surface area (Å²) in [6.45, 7) is 0. The smallest absolute Gasteiger partial charge is 0.305 e. The zero-order valence-electron chi connectivity index (χ0n) is 10.5. The van der Waals surface area contributed by atoms with Gasteiger partial charge in [-0.05, 0) is 24.3 Å². The number of carbonyl (C=O) groups is 1. The molecule has 0 aliphatic heterocycles. The molecule has 7 heteroatoms. The van der Waals surface area contributed by atoms with E-state index in [1.54, 1.807) is 19.2 Å². The van der Waals surface area contributed by atoms with Gasteiger partial charge in [0.25, 0.3) is 0 Å². The van der Waals surface area contributed by atoms with Crippen LogP contribution in [0.4, 0.5) is 5.13 Å². The number of hydrogen-bond acceptors (Lipinski definition) is 6. The third-order valence-corrected chi connectivity index (χ3v) is 3.57. The molecule has 20 heavy (non-hydrogen) atoms. The van der Waals surface area contributed by atoms with Crippen molar-refractivity contribution in [1.82, 2.24) is 10.4 Å². The Morgan fingerprint density at radius 2 is 2.25 bits per heavy atom. The van der Waals surface area contributed by atoms with E-state index in [4.69, 9.17) is 9.15 Å². The SMILES string of the molecule is COc1cccc2sc(NNC(=O)c3ccco3)nc12. The van der Waals surface area contributed by atoms with E-state index < -0.39 is 0 Å². The van der Waals surface area contributed by atoms with Crippen molar-refractivity contribution >= 4 is 32.6 Å². The van der Waals surface area contributed by atoms with E-state index in [2.05, 4.69) is 15.8 Å². The Kier molecular flexibility index (Phi) is 3.26. The number of nitrogens with zero attached hydrogens (tertiary/aromatic N) is 1. The van der Waals surface area contributed by atoms with Gasteiger partial charge in [-0.2, -0.15) is 0 Å². The predicted molar refractivity (Wildman–Crippen MR) is 76.0 cm³/mol. The highest BCUT2D eigenvalue weighted by Crippen LogP contribution is 2.31. The van der Waals surface area contributed by atoms with E-state index in [-0.39, 0.29) is 11.7 Å². The van der Waals surface area contributed by atoms with Crippen LogP contribution < -0.4 is 15.6 Å². The van der Waals surface area contributed by atoms with Gasteiger partial charge in [-0.1, -0.05) is 17.4 Å². The van der Waals surface area contributed by atoms with Crippen LogP contribution in [-0.4, -0.2) is 18.0 Å². The lowest BCUT2D eigenvalue weighted by Gasteiger charge is -2.02. The van der Waals surface area contributed by atoms with Gasteiger partial charge >= 0.3 is 5.91 Å². The first-order chi connectivity index (χ1) is 9.78. The number of hydrogen-bond donors (Lipinski definition) is 2. The number of rotatable bonds is 4. The van der Waals surface area contributed by atoms with Crippen LogP contribution >= 0.6 is 11.3 Å². The molecule has 0 fully saturated rings. The third kappa shape index (κ3) is 2.30. The van der Waals surface area contributed by atoms with Crippen LogP contribution in [0.15, 0.2) is 41.0 Å². The van der Waals surface area contributed by atoms with Crippen molar-refractivity contribution in [1.29, 1.82) is 0 Å². The Hall–Kier alpha value is -2.54. The van der Waals surface area contributed by atoms with Gasteiger partial charge < -0.3 is 9.15 Å². The molecule has 1 aromatic carbocycles. The third-order valence-electron chi connectivity index (χ3n) is 2.63. The first-order valence-electron chi connectivity index (χ1n) is 5.81. The molecule has 6 nitrogen and oxygen atoms in total. The Bertz CT molecular complexity index is 736. The zero-order valence-corrected chi connectivity index (χ0v) is 11.4. The van der Waals surface area contributed by atoms with Gasteiger partial charge in [-0.3, -0.25) is 15.6 Å². The summed E-state index contributed by atoms with van der Waals surface area (Å²) in [5.74, 6) is 0.571. The number of carbonyl (C=O) groups excluding carboxylic acids is 1. The maximum atomic E-state index is 11.7. The number of amides is 1. The highest BCUT2D eigenvalue weighted by molar-refractivity contribution is 7.22. The van der Waals surface area contributed by atoms with Gasteiger partial charge in [0, 0.05) is 0 Å². The Balaban J connectivity index is 1.76. The summed E-state index contributed by atoms with van der Waals surface area (Å²) in [4.78, 5) is 16.1. The van der Waals surface area contributed by atoms with E-state index in [1.807, 2.05) is 18.2 Å². The second kappa shape index (κ2) is 5.22. The largest absolute Gasteiger partial charge is 0.494 e. The minimum Gasteiger partial charge on any atom is -0.494 e. The van der Waals surface area contributed by atoms with Gasteiger partial charge in [0.05, 0.1) is 18.1 Å². The van der Waals surface area contributed by atoms with Crippen LogP contribution in [0.2, 0.25) is 0 Å². The van der Waals surface area contributed by atoms with Crippen molar-refractivity contribution in [3.63, 3.8) is 0 Å². The molecule has 3 rings (SSSR count). The molecular formula is C13H11N3O3S. The molecule has 0 saturated heterocycles. The first-order valence-corrected chi connectivity index (χ1v) is 6.63. The summed E-state index contributed by atoms with van der Waals surface area (Å²) in [5, 5.41) is 0.574. The fourth-order valence-electron chi connectivity index (χ4n) is 1.72. The predicted octanol–water partition coefficient (Wildman–Crippen LogP) is 2.65. The summed E-state index contributed by atoms with van der Waals surface area (Å²) in [5.41, 5.74) is 6.05. The van der Waals surface area contributed by atoms with Gasteiger partial charge in [0.1, 0.15) is 11.3 Å². The number of fused-ring (bicyclic) bond motifs is 1. The molecule has 2 aromatic heterocycles. The van der Waals surface area contributed by atoms with Crippen molar-refractivity contribution in [3.8, 4) is 5.75 Å². The maximum absolute atomic E-state index is 11.7. The van der Waals surface area contributed by atoms with Crippen LogP contribution in [0.3, 0.4) is 0 Å². The quantitative estimate of drug-likeness (QED) is 0.722. The number of hydrazine groups is 1. The van der Waals surface area contributed by atoms with Crippen molar-refractivity contribution in [2.45, 2.75) is 0 Å². The minimum atomic E-state index is -0.360. The summed E-state index contributed by atoms with van der Waals surface area (Å²) in [7, 11) is 1.60. The molecule has 0 bridgehead atoms. The molecule has 0 saturated carbocycles. The second-order valence-electron chi connectivity index (χ2n) is 3.88. The summed E-state index contributed by atoms with van der Waals surface area (Å²) in [6.07, 6.45) is 1.44. The number of ether oxygens (including phenoxy) is 1. The van der Waals surface area contributed by atoms with Crippen LogP contribution in [0.25, 0.3) is 10.2 Å². The Labute approximate surface area is 118 Å². The van der Waals surface area contributed by atoms with Crippen LogP contribution in [0, 0.1) is 0 Å². The van der Waals surface area contributed by atoms with Crippen LogP contribution in [-0.2, 0) is 0 Å². The summed E-state index contributed by atoms with van der Waals surface area (Å²) >= 11 is 1.42. The number of thiazole rings is 1. The Morgan fingerprint density at radius 3 is 3.00 bits per heavy atom. The molecule has 0 aliphatic rings. The number of methoxy groups -OCH3 is 1. The number of para-hydroxylation sites is 1. The van der Waals surface area contributed by atoms with E-state index >= 15 is 0 Å². The van der Waals surface area contributed by atoms with E-state index in [1.165, 1.54) is 17.6 Å². The van der Waals surface area contributed by atoms with Crippen LogP contribution in [0.1, 0.15) is 10.6 Å². The molecule has 0 atom stereocenters. The Morgan fingerprint density at radius 1 is 1.35 bits per heavy atom. The van der Waals surface area contributed by atoms with E-state index in [0.29, 0.717) is 10.9 Å². The number of furan rings is 1. The first kappa shape index (κ1) is 12.5. The molecule has 3 aromatic rings. The second-order valence-corrected chi connectivity index (χ2v) is 4.91. The fraction of sp³-hybridized carbons (Fsp3) is 0.0769. The number of benzene rings is 1. The van der Waals surface area contributed by atoms with Gasteiger partial charge in [0.15, 0.2) is 5.76 Å². The molecule has 2 heterocycles. The van der Waals surface area contributed by atoms with Crippen LogP contribution in [0.5, 0.6) is 5.75 Å². The van der Waals surface area contributed by atoms with Crippen molar-refractivity contribution < 1.29 is 13.9 Å².